The third-order valence-electron chi connectivity index (χ3n) is 5.00. The first-order valence-corrected chi connectivity index (χ1v) is 10.6. The Morgan fingerprint density at radius 2 is 1.90 bits per heavy atom. The third-order valence-corrected chi connectivity index (χ3v) is 6.23. The number of nitro benzene ring substituents is 1. The molecule has 0 unspecified atom stereocenters. The molecule has 0 aliphatic rings. The number of anilines is 1. The van der Waals surface area contributed by atoms with Crippen LogP contribution in [0.4, 0.5) is 10.8 Å². The minimum Gasteiger partial charge on any atom is -0.309 e. The second-order valence-electron chi connectivity index (χ2n) is 7.75. The maximum atomic E-state index is 13.5. The normalized spacial score (nSPS) is 11.3. The van der Waals surface area contributed by atoms with Gasteiger partial charge in [0.1, 0.15) is 0 Å². The van der Waals surface area contributed by atoms with E-state index in [0.717, 1.165) is 34.3 Å². The molecule has 1 amide bonds. The summed E-state index contributed by atoms with van der Waals surface area (Å²) in [5, 5.41) is 12.0. The van der Waals surface area contributed by atoms with Crippen LogP contribution in [0.25, 0.3) is 10.2 Å². The number of carbonyl (C=O) groups excluding carboxylic acids is 1. The molecule has 0 spiro atoms. The number of benzene rings is 2. The molecule has 158 valence electrons. The number of aryl methyl sites for hydroxylation is 2. The van der Waals surface area contributed by atoms with E-state index in [1.54, 1.807) is 24.0 Å². The molecule has 30 heavy (non-hydrogen) atoms. The Morgan fingerprint density at radius 1 is 1.17 bits per heavy atom. The lowest BCUT2D eigenvalue weighted by Crippen LogP contribution is -2.34. The number of nitrogens with zero attached hydrogens (tertiary/aromatic N) is 4. The van der Waals surface area contributed by atoms with Crippen molar-refractivity contribution >= 4 is 38.3 Å². The molecular weight excluding hydrogens is 400 g/mol. The van der Waals surface area contributed by atoms with Crippen LogP contribution in [0.5, 0.6) is 0 Å². The molecule has 3 aromatic rings. The number of fused-ring (bicyclic) bond motifs is 1. The summed E-state index contributed by atoms with van der Waals surface area (Å²) in [6, 6.07) is 8.75. The Balaban J connectivity index is 2.05. The molecule has 1 aromatic heterocycles. The highest BCUT2D eigenvalue weighted by Crippen LogP contribution is 2.33. The zero-order chi connectivity index (χ0) is 22.0. The highest BCUT2D eigenvalue weighted by Gasteiger charge is 2.25. The number of carbonyl (C=O) groups is 1. The molecular formula is C22H26N4O3S. The van der Waals surface area contributed by atoms with Crippen molar-refractivity contribution in [1.82, 2.24) is 9.88 Å². The molecule has 0 N–H and O–H groups in total. The first kappa shape index (κ1) is 21.9. The fourth-order valence-corrected chi connectivity index (χ4v) is 4.55. The van der Waals surface area contributed by atoms with Gasteiger partial charge in [0.25, 0.3) is 11.6 Å². The lowest BCUT2D eigenvalue weighted by molar-refractivity contribution is -0.385. The fraction of sp³-hybridized carbons (Fsp3) is 0.364. The zero-order valence-corrected chi connectivity index (χ0v) is 18.7. The van der Waals surface area contributed by atoms with Crippen LogP contribution >= 0.6 is 11.3 Å². The molecule has 0 fully saturated rings. The van der Waals surface area contributed by atoms with Crippen LogP contribution in [0.1, 0.15) is 33.5 Å². The van der Waals surface area contributed by atoms with Gasteiger partial charge >= 0.3 is 0 Å². The lowest BCUT2D eigenvalue weighted by atomic mass is 10.1. The summed E-state index contributed by atoms with van der Waals surface area (Å²) < 4.78 is 1.05. The average molecular weight is 427 g/mol. The summed E-state index contributed by atoms with van der Waals surface area (Å²) >= 11 is 1.49. The van der Waals surface area contributed by atoms with Crippen LogP contribution in [0, 0.1) is 30.9 Å². The van der Waals surface area contributed by atoms with E-state index in [-0.39, 0.29) is 11.6 Å². The Morgan fingerprint density at radius 3 is 2.57 bits per heavy atom. The van der Waals surface area contributed by atoms with Crippen LogP contribution in [-0.4, -0.2) is 47.9 Å². The Labute approximate surface area is 180 Å². The van der Waals surface area contributed by atoms with E-state index in [1.807, 2.05) is 34.0 Å². The van der Waals surface area contributed by atoms with E-state index in [4.69, 9.17) is 4.98 Å². The standard InChI is InChI=1S/C22H26N4O3S/c1-14-12-15(2)20-18(13-14)23-22(30-20)25(11-7-10-24(4)5)21(27)17-8-6-9-19(16(17)3)26(28)29/h6,8-9,12-13H,7,10-11H2,1-5H3. The third kappa shape index (κ3) is 4.49. The zero-order valence-electron chi connectivity index (χ0n) is 17.9. The Kier molecular flexibility index (Phi) is 6.48. The lowest BCUT2D eigenvalue weighted by Gasteiger charge is -2.21. The largest absolute Gasteiger partial charge is 0.309 e. The highest BCUT2D eigenvalue weighted by atomic mass is 32.1. The number of thiazole rings is 1. The molecule has 7 nitrogen and oxygen atoms in total. The molecule has 0 aliphatic heterocycles. The molecule has 0 radical (unpaired) electrons. The number of amides is 1. The monoisotopic (exact) mass is 426 g/mol. The number of hydrogen-bond acceptors (Lipinski definition) is 6. The summed E-state index contributed by atoms with van der Waals surface area (Å²) in [6.07, 6.45) is 0.765. The van der Waals surface area contributed by atoms with Crippen molar-refractivity contribution in [2.24, 2.45) is 0 Å². The minimum absolute atomic E-state index is 0.0511. The second-order valence-corrected chi connectivity index (χ2v) is 8.72. The SMILES string of the molecule is Cc1cc(C)c2sc(N(CCCN(C)C)C(=O)c3cccc([N+](=O)[O-])c3C)nc2c1. The summed E-state index contributed by atoms with van der Waals surface area (Å²) in [5.74, 6) is -0.261. The van der Waals surface area contributed by atoms with Crippen LogP contribution in [0.2, 0.25) is 0 Å². The van der Waals surface area contributed by atoms with Crippen molar-refractivity contribution in [2.75, 3.05) is 32.1 Å². The predicted octanol–water partition coefficient (Wildman–Crippen LogP) is 4.73. The summed E-state index contributed by atoms with van der Waals surface area (Å²) in [4.78, 5) is 32.9. The molecule has 0 bridgehead atoms. The van der Waals surface area contributed by atoms with E-state index < -0.39 is 4.92 Å². The maximum absolute atomic E-state index is 13.5. The highest BCUT2D eigenvalue weighted by molar-refractivity contribution is 7.22. The number of hydrogen-bond donors (Lipinski definition) is 0. The van der Waals surface area contributed by atoms with Gasteiger partial charge in [-0.25, -0.2) is 4.98 Å². The quantitative estimate of drug-likeness (QED) is 0.403. The van der Waals surface area contributed by atoms with E-state index in [0.29, 0.717) is 22.8 Å². The summed E-state index contributed by atoms with van der Waals surface area (Å²) in [5.41, 5.74) is 3.77. The van der Waals surface area contributed by atoms with Crippen molar-refractivity contribution in [1.29, 1.82) is 0 Å². The maximum Gasteiger partial charge on any atom is 0.273 e. The molecule has 0 saturated heterocycles. The van der Waals surface area contributed by atoms with E-state index in [2.05, 4.69) is 11.0 Å². The van der Waals surface area contributed by atoms with Crippen molar-refractivity contribution in [3.63, 3.8) is 0 Å². The number of rotatable bonds is 7. The van der Waals surface area contributed by atoms with Crippen molar-refractivity contribution in [3.8, 4) is 0 Å². The van der Waals surface area contributed by atoms with Gasteiger partial charge in [0.05, 0.1) is 15.1 Å². The molecule has 3 rings (SSSR count). The van der Waals surface area contributed by atoms with Gasteiger partial charge < -0.3 is 4.90 Å². The van der Waals surface area contributed by atoms with Crippen LogP contribution in [0.15, 0.2) is 30.3 Å². The first-order valence-electron chi connectivity index (χ1n) is 9.77. The number of aromatic nitrogens is 1. The number of nitro groups is 1. The van der Waals surface area contributed by atoms with Crippen molar-refractivity contribution in [3.05, 3.63) is 62.7 Å². The van der Waals surface area contributed by atoms with Gasteiger partial charge in [0.2, 0.25) is 0 Å². The topological polar surface area (TPSA) is 79.6 Å². The van der Waals surface area contributed by atoms with Gasteiger partial charge in [0.15, 0.2) is 5.13 Å². The molecule has 8 heteroatoms. The second kappa shape index (κ2) is 8.89. The predicted molar refractivity (Wildman–Crippen MR) is 122 cm³/mol. The Bertz CT molecular complexity index is 1110. The van der Waals surface area contributed by atoms with Gasteiger partial charge in [-0.05, 0) is 71.1 Å². The summed E-state index contributed by atoms with van der Waals surface area (Å²) in [7, 11) is 3.97. The minimum atomic E-state index is -0.452. The van der Waals surface area contributed by atoms with Gasteiger partial charge in [0, 0.05) is 23.7 Å². The summed E-state index contributed by atoms with van der Waals surface area (Å²) in [6.45, 7) is 6.99. The fourth-order valence-electron chi connectivity index (χ4n) is 3.51. The molecule has 0 atom stereocenters. The van der Waals surface area contributed by atoms with Gasteiger partial charge in [-0.1, -0.05) is 23.5 Å². The van der Waals surface area contributed by atoms with E-state index >= 15 is 0 Å². The van der Waals surface area contributed by atoms with Crippen LogP contribution in [-0.2, 0) is 0 Å². The van der Waals surface area contributed by atoms with Gasteiger partial charge in [-0.2, -0.15) is 0 Å². The molecule has 0 saturated carbocycles. The first-order chi connectivity index (χ1) is 14.2. The molecule has 0 aliphatic carbocycles. The van der Waals surface area contributed by atoms with Gasteiger partial charge in [-0.3, -0.25) is 19.8 Å². The Hall–Kier alpha value is -2.84. The average Bonchev–Trinajstić information content (AvgIpc) is 3.08. The van der Waals surface area contributed by atoms with Crippen molar-refractivity contribution < 1.29 is 9.72 Å². The van der Waals surface area contributed by atoms with Crippen LogP contribution in [0.3, 0.4) is 0 Å². The smallest absolute Gasteiger partial charge is 0.273 e. The van der Waals surface area contributed by atoms with E-state index in [9.17, 15) is 14.9 Å². The van der Waals surface area contributed by atoms with Gasteiger partial charge in [-0.15, -0.1) is 0 Å². The van der Waals surface area contributed by atoms with E-state index in [1.165, 1.54) is 17.4 Å². The van der Waals surface area contributed by atoms with Crippen LogP contribution < -0.4 is 4.90 Å². The molecule has 1 heterocycles. The van der Waals surface area contributed by atoms with Crippen molar-refractivity contribution in [2.45, 2.75) is 27.2 Å². The molecule has 2 aromatic carbocycles.